The Kier molecular flexibility index (Phi) is 35.4. The van der Waals surface area contributed by atoms with Crippen LogP contribution in [-0.4, -0.2) is 41.6 Å². The number of rotatable bonds is 38. The molecule has 0 rings (SSSR count). The molecule has 0 radical (unpaired) electrons. The number of ether oxygens (including phenoxy) is 1. The van der Waals surface area contributed by atoms with Crippen molar-refractivity contribution >= 4 is 17.8 Å². The molecule has 284 valence electrons. The molecule has 0 saturated heterocycles. The number of aliphatic carboxylic acids is 1. The molecular weight excluding hydrogens is 600 g/mol. The van der Waals surface area contributed by atoms with Crippen molar-refractivity contribution in [1.82, 2.24) is 5.32 Å². The molecule has 7 nitrogen and oxygen atoms in total. The summed E-state index contributed by atoms with van der Waals surface area (Å²) in [6, 6.07) is -0.868. The Morgan fingerprint density at radius 2 is 0.896 bits per heavy atom. The molecule has 0 aromatic carbocycles. The highest BCUT2D eigenvalue weighted by molar-refractivity contribution is 5.83. The van der Waals surface area contributed by atoms with Crippen molar-refractivity contribution in [3.8, 4) is 0 Å². The molecule has 7 heteroatoms. The lowest BCUT2D eigenvalue weighted by molar-refractivity contribution is -0.150. The number of carbonyl (C=O) groups excluding carboxylic acids is 2. The molecule has 0 aliphatic heterocycles. The van der Waals surface area contributed by atoms with Crippen molar-refractivity contribution in [2.24, 2.45) is 5.73 Å². The summed E-state index contributed by atoms with van der Waals surface area (Å²) in [5.41, 5.74) is 5.47. The maximum absolute atomic E-state index is 12.6. The van der Waals surface area contributed by atoms with Crippen molar-refractivity contribution in [2.45, 2.75) is 238 Å². The lowest BCUT2D eigenvalue weighted by atomic mass is 10.0. The van der Waals surface area contributed by atoms with E-state index in [1.165, 1.54) is 122 Å². The van der Waals surface area contributed by atoms with Crippen LogP contribution in [0.3, 0.4) is 0 Å². The van der Waals surface area contributed by atoms with E-state index in [0.717, 1.165) is 57.8 Å². The van der Waals surface area contributed by atoms with Crippen LogP contribution in [0.4, 0.5) is 0 Å². The van der Waals surface area contributed by atoms with Gasteiger partial charge in [-0.15, -0.1) is 0 Å². The molecule has 0 fully saturated rings. The maximum Gasteiger partial charge on any atom is 0.326 e. The highest BCUT2D eigenvalue weighted by Crippen LogP contribution is 2.18. The third kappa shape index (κ3) is 32.9. The van der Waals surface area contributed by atoms with Crippen molar-refractivity contribution in [3.05, 3.63) is 0 Å². The zero-order chi connectivity index (χ0) is 35.3. The predicted molar refractivity (Wildman–Crippen MR) is 202 cm³/mol. The molecule has 1 amide bonds. The van der Waals surface area contributed by atoms with Gasteiger partial charge in [-0.1, -0.05) is 162 Å². The van der Waals surface area contributed by atoms with Crippen LogP contribution in [0, 0.1) is 0 Å². The molecule has 2 unspecified atom stereocenters. The number of unbranched alkanes of at least 4 members (excludes halogenated alkanes) is 24. The second-order valence-electron chi connectivity index (χ2n) is 14.4. The summed E-state index contributed by atoms with van der Waals surface area (Å²) >= 11 is 0. The van der Waals surface area contributed by atoms with E-state index in [2.05, 4.69) is 19.2 Å². The second kappa shape index (κ2) is 36.6. The fraction of sp³-hybridized carbons (Fsp3) is 0.927. The zero-order valence-corrected chi connectivity index (χ0v) is 31.9. The highest BCUT2D eigenvalue weighted by atomic mass is 16.5. The monoisotopic (exact) mass is 681 g/mol. The van der Waals surface area contributed by atoms with Gasteiger partial charge in [0.1, 0.15) is 12.1 Å². The van der Waals surface area contributed by atoms with Gasteiger partial charge in [-0.25, -0.2) is 4.79 Å². The Balaban J connectivity index is 3.79. The minimum absolute atomic E-state index is 0.0413. The predicted octanol–water partition coefficient (Wildman–Crippen LogP) is 11.3. The van der Waals surface area contributed by atoms with Crippen LogP contribution >= 0.6 is 0 Å². The van der Waals surface area contributed by atoms with Gasteiger partial charge in [0.25, 0.3) is 0 Å². The fourth-order valence-electron chi connectivity index (χ4n) is 6.51. The van der Waals surface area contributed by atoms with Gasteiger partial charge in [0.05, 0.1) is 0 Å². The minimum Gasteiger partial charge on any atom is -0.480 e. The van der Waals surface area contributed by atoms with Crippen molar-refractivity contribution in [1.29, 1.82) is 0 Å². The fourth-order valence-corrected chi connectivity index (χ4v) is 6.51. The summed E-state index contributed by atoms with van der Waals surface area (Å²) in [6.07, 6.45) is 37.7. The largest absolute Gasteiger partial charge is 0.480 e. The van der Waals surface area contributed by atoms with E-state index in [4.69, 9.17) is 10.5 Å². The lowest BCUT2D eigenvalue weighted by Gasteiger charge is -2.18. The molecule has 0 spiro atoms. The summed E-state index contributed by atoms with van der Waals surface area (Å²) in [5, 5.41) is 11.9. The van der Waals surface area contributed by atoms with E-state index in [-0.39, 0.29) is 18.0 Å². The molecule has 0 aliphatic carbocycles. The van der Waals surface area contributed by atoms with E-state index in [0.29, 0.717) is 38.6 Å². The Hall–Kier alpha value is -1.63. The molecule has 2 atom stereocenters. The summed E-state index contributed by atoms with van der Waals surface area (Å²) in [7, 11) is 0. The van der Waals surface area contributed by atoms with E-state index in [1.807, 2.05) is 0 Å². The number of carboxylic acid groups (broad SMARTS) is 1. The van der Waals surface area contributed by atoms with Crippen molar-refractivity contribution in [2.75, 3.05) is 6.54 Å². The molecule has 48 heavy (non-hydrogen) atoms. The number of esters is 1. The van der Waals surface area contributed by atoms with Gasteiger partial charge in [0, 0.05) is 12.8 Å². The molecule has 0 saturated carbocycles. The van der Waals surface area contributed by atoms with Crippen molar-refractivity contribution in [3.63, 3.8) is 0 Å². The van der Waals surface area contributed by atoms with Gasteiger partial charge in [0.15, 0.2) is 0 Å². The van der Waals surface area contributed by atoms with Gasteiger partial charge >= 0.3 is 11.9 Å². The van der Waals surface area contributed by atoms with E-state index in [1.54, 1.807) is 0 Å². The number of hydrogen-bond acceptors (Lipinski definition) is 5. The third-order valence-electron chi connectivity index (χ3n) is 9.67. The van der Waals surface area contributed by atoms with Gasteiger partial charge in [-0.05, 0) is 57.9 Å². The van der Waals surface area contributed by atoms with E-state index in [9.17, 15) is 19.5 Å². The topological polar surface area (TPSA) is 119 Å². The van der Waals surface area contributed by atoms with Crippen LogP contribution in [0.5, 0.6) is 0 Å². The first-order valence-electron chi connectivity index (χ1n) is 20.9. The number of carboxylic acids is 1. The number of hydrogen-bond donors (Lipinski definition) is 3. The summed E-state index contributed by atoms with van der Waals surface area (Å²) < 4.78 is 5.89. The van der Waals surface area contributed by atoms with Crippen LogP contribution in [0.1, 0.15) is 226 Å². The Morgan fingerprint density at radius 1 is 0.521 bits per heavy atom. The molecule has 0 heterocycles. The molecule has 0 bridgehead atoms. The van der Waals surface area contributed by atoms with Gasteiger partial charge in [-0.2, -0.15) is 0 Å². The Morgan fingerprint density at radius 3 is 1.33 bits per heavy atom. The van der Waals surface area contributed by atoms with Crippen LogP contribution in [0.15, 0.2) is 0 Å². The average molecular weight is 681 g/mol. The Bertz CT molecular complexity index is 732. The summed E-state index contributed by atoms with van der Waals surface area (Å²) in [5.74, 6) is -1.31. The standard InChI is InChI=1S/C41H80N2O5/c1-3-5-7-8-9-10-11-12-13-14-15-16-17-18-19-20-21-22-23-24-29-35-40(45)48-37(31-26-6-4-2)32-27-25-28-34-39(44)43-38(41(46)47)33-30-36-42/h37-38H,3-36,42H2,1-2H3,(H,43,44)(H,46,47). The minimum atomic E-state index is -1.01. The molecule has 0 aromatic heterocycles. The van der Waals surface area contributed by atoms with Crippen LogP contribution in [-0.2, 0) is 19.1 Å². The Labute approximate surface area is 297 Å². The number of carbonyl (C=O) groups is 3. The molecular formula is C41H80N2O5. The normalized spacial score (nSPS) is 12.6. The number of nitrogens with one attached hydrogen (secondary N) is 1. The van der Waals surface area contributed by atoms with Gasteiger partial charge < -0.3 is 20.9 Å². The van der Waals surface area contributed by atoms with E-state index < -0.39 is 12.0 Å². The van der Waals surface area contributed by atoms with Crippen molar-refractivity contribution < 1.29 is 24.2 Å². The zero-order valence-electron chi connectivity index (χ0n) is 31.9. The lowest BCUT2D eigenvalue weighted by Crippen LogP contribution is -2.40. The van der Waals surface area contributed by atoms with Crippen LogP contribution < -0.4 is 11.1 Å². The highest BCUT2D eigenvalue weighted by Gasteiger charge is 2.19. The van der Waals surface area contributed by atoms with E-state index >= 15 is 0 Å². The first kappa shape index (κ1) is 46.4. The molecule has 4 N–H and O–H groups in total. The second-order valence-corrected chi connectivity index (χ2v) is 14.4. The maximum atomic E-state index is 12.6. The smallest absolute Gasteiger partial charge is 0.326 e. The number of nitrogens with two attached hydrogens (primary N) is 1. The quantitative estimate of drug-likeness (QED) is 0.0441. The number of amides is 1. The van der Waals surface area contributed by atoms with Crippen LogP contribution in [0.25, 0.3) is 0 Å². The first-order valence-corrected chi connectivity index (χ1v) is 20.9. The molecule has 0 aliphatic rings. The van der Waals surface area contributed by atoms with Crippen LogP contribution in [0.2, 0.25) is 0 Å². The SMILES string of the molecule is CCCCCCCCCCCCCCCCCCCCCCCC(=O)OC(CCCCC)CCCCCC(=O)NC(CCCN)C(=O)O. The van der Waals surface area contributed by atoms with Gasteiger partial charge in [0.2, 0.25) is 5.91 Å². The first-order chi connectivity index (χ1) is 23.4. The van der Waals surface area contributed by atoms with Gasteiger partial charge in [-0.3, -0.25) is 9.59 Å². The third-order valence-corrected chi connectivity index (χ3v) is 9.67. The summed E-state index contributed by atoms with van der Waals surface area (Å²) in [4.78, 5) is 36.1. The summed E-state index contributed by atoms with van der Waals surface area (Å²) in [6.45, 7) is 4.87. The average Bonchev–Trinajstić information content (AvgIpc) is 3.07. The molecule has 0 aromatic rings.